The predicted molar refractivity (Wildman–Crippen MR) is 63.3 cm³/mol. The summed E-state index contributed by atoms with van der Waals surface area (Å²) in [6, 6.07) is 3.85. The molecule has 1 aromatic carbocycles. The number of halogens is 3. The van der Waals surface area contributed by atoms with Crippen LogP contribution in [0.25, 0.3) is 0 Å². The fraction of sp³-hybridized carbons (Fsp3) is 0.364. The first kappa shape index (κ1) is 13.3. The predicted octanol–water partition coefficient (Wildman–Crippen LogP) is 3.29. The van der Waals surface area contributed by atoms with Crippen molar-refractivity contribution in [3.8, 4) is 0 Å². The average molecular weight is 264 g/mol. The molecule has 0 spiro atoms. The number of carbonyl (C=O) groups is 1. The number of amides is 1. The van der Waals surface area contributed by atoms with E-state index in [0.717, 1.165) is 6.42 Å². The van der Waals surface area contributed by atoms with Crippen LogP contribution in [0.4, 0.5) is 4.39 Å². The minimum Gasteiger partial charge on any atom is -0.355 e. The molecule has 0 bridgehead atoms. The maximum Gasteiger partial charge on any atom is 0.242 e. The second-order valence-electron chi connectivity index (χ2n) is 3.36. The molecule has 0 aromatic heterocycles. The van der Waals surface area contributed by atoms with E-state index in [1.165, 1.54) is 18.2 Å². The minimum atomic E-state index is -0.917. The van der Waals surface area contributed by atoms with Crippen molar-refractivity contribution in [3.63, 3.8) is 0 Å². The summed E-state index contributed by atoms with van der Waals surface area (Å²) in [4.78, 5) is 11.5. The van der Waals surface area contributed by atoms with E-state index in [9.17, 15) is 9.18 Å². The first-order chi connectivity index (χ1) is 7.54. The summed E-state index contributed by atoms with van der Waals surface area (Å²) >= 11 is 11.6. The van der Waals surface area contributed by atoms with Crippen molar-refractivity contribution in [2.75, 3.05) is 6.54 Å². The Labute approximate surface area is 104 Å². The summed E-state index contributed by atoms with van der Waals surface area (Å²) in [5.74, 6) is -0.846. The molecule has 0 saturated carbocycles. The van der Waals surface area contributed by atoms with Crippen molar-refractivity contribution in [3.05, 3.63) is 34.6 Å². The molecule has 0 aliphatic heterocycles. The summed E-state index contributed by atoms with van der Waals surface area (Å²) in [6.07, 6.45) is 0.819. The lowest BCUT2D eigenvalue weighted by Crippen LogP contribution is -2.27. The SMILES string of the molecule is CCCNC(=O)C(Cl)c1cc(F)cc(Cl)c1. The molecular weight excluding hydrogens is 252 g/mol. The van der Waals surface area contributed by atoms with E-state index in [1.807, 2.05) is 6.92 Å². The molecule has 1 aromatic rings. The molecule has 5 heteroatoms. The van der Waals surface area contributed by atoms with Gasteiger partial charge in [0.05, 0.1) is 0 Å². The average Bonchev–Trinajstić information content (AvgIpc) is 2.23. The molecule has 0 aliphatic rings. The molecule has 1 N–H and O–H groups in total. The Morgan fingerprint density at radius 2 is 2.19 bits per heavy atom. The van der Waals surface area contributed by atoms with Gasteiger partial charge in [-0.05, 0) is 30.2 Å². The highest BCUT2D eigenvalue weighted by Crippen LogP contribution is 2.24. The molecule has 1 amide bonds. The van der Waals surface area contributed by atoms with Gasteiger partial charge in [-0.25, -0.2) is 4.39 Å². The van der Waals surface area contributed by atoms with Gasteiger partial charge in [0.2, 0.25) is 5.91 Å². The third-order valence-electron chi connectivity index (χ3n) is 1.96. The Morgan fingerprint density at radius 1 is 1.50 bits per heavy atom. The van der Waals surface area contributed by atoms with Crippen molar-refractivity contribution < 1.29 is 9.18 Å². The van der Waals surface area contributed by atoms with Gasteiger partial charge in [0.15, 0.2) is 0 Å². The van der Waals surface area contributed by atoms with E-state index in [2.05, 4.69) is 5.32 Å². The van der Waals surface area contributed by atoms with Crippen molar-refractivity contribution in [1.29, 1.82) is 0 Å². The number of hydrogen-bond acceptors (Lipinski definition) is 1. The zero-order chi connectivity index (χ0) is 12.1. The van der Waals surface area contributed by atoms with Crippen LogP contribution in [0.1, 0.15) is 24.3 Å². The molecule has 1 rings (SSSR count). The Bertz CT molecular complexity index is 364. The van der Waals surface area contributed by atoms with Crippen LogP contribution in [0.3, 0.4) is 0 Å². The quantitative estimate of drug-likeness (QED) is 0.831. The van der Waals surface area contributed by atoms with E-state index in [-0.39, 0.29) is 10.9 Å². The summed E-state index contributed by atoms with van der Waals surface area (Å²) in [7, 11) is 0. The molecule has 0 aliphatic carbocycles. The van der Waals surface area contributed by atoms with Gasteiger partial charge in [0.1, 0.15) is 11.2 Å². The molecule has 0 radical (unpaired) electrons. The van der Waals surface area contributed by atoms with Crippen molar-refractivity contribution in [2.45, 2.75) is 18.7 Å². The maximum atomic E-state index is 13.0. The molecular formula is C11H12Cl2FNO. The second-order valence-corrected chi connectivity index (χ2v) is 4.23. The van der Waals surface area contributed by atoms with Crippen LogP contribution in [-0.4, -0.2) is 12.5 Å². The fourth-order valence-electron chi connectivity index (χ4n) is 1.21. The van der Waals surface area contributed by atoms with Gasteiger partial charge in [-0.2, -0.15) is 0 Å². The van der Waals surface area contributed by atoms with E-state index in [0.29, 0.717) is 12.1 Å². The zero-order valence-electron chi connectivity index (χ0n) is 8.77. The van der Waals surface area contributed by atoms with E-state index < -0.39 is 11.2 Å². The first-order valence-corrected chi connectivity index (χ1v) is 5.73. The van der Waals surface area contributed by atoms with Gasteiger partial charge in [-0.1, -0.05) is 18.5 Å². The zero-order valence-corrected chi connectivity index (χ0v) is 10.3. The summed E-state index contributed by atoms with van der Waals surface area (Å²) in [6.45, 7) is 2.48. The van der Waals surface area contributed by atoms with Crippen LogP contribution in [0, 0.1) is 5.82 Å². The first-order valence-electron chi connectivity index (χ1n) is 4.92. The van der Waals surface area contributed by atoms with Crippen molar-refractivity contribution in [1.82, 2.24) is 5.32 Å². The number of benzene rings is 1. The summed E-state index contributed by atoms with van der Waals surface area (Å²) in [5, 5.41) is 1.94. The molecule has 0 saturated heterocycles. The highest BCUT2D eigenvalue weighted by atomic mass is 35.5. The molecule has 1 atom stereocenters. The molecule has 16 heavy (non-hydrogen) atoms. The highest BCUT2D eigenvalue weighted by molar-refractivity contribution is 6.32. The third kappa shape index (κ3) is 3.65. The number of nitrogens with one attached hydrogen (secondary N) is 1. The maximum absolute atomic E-state index is 13.0. The monoisotopic (exact) mass is 263 g/mol. The van der Waals surface area contributed by atoms with E-state index >= 15 is 0 Å². The highest BCUT2D eigenvalue weighted by Gasteiger charge is 2.18. The van der Waals surface area contributed by atoms with Crippen LogP contribution in [0.2, 0.25) is 5.02 Å². The number of hydrogen-bond donors (Lipinski definition) is 1. The fourth-order valence-corrected chi connectivity index (χ4v) is 1.64. The number of carbonyl (C=O) groups excluding carboxylic acids is 1. The van der Waals surface area contributed by atoms with Crippen LogP contribution < -0.4 is 5.32 Å². The van der Waals surface area contributed by atoms with Crippen LogP contribution in [0.5, 0.6) is 0 Å². The molecule has 1 unspecified atom stereocenters. The Hall–Kier alpha value is -0.800. The lowest BCUT2D eigenvalue weighted by atomic mass is 10.1. The van der Waals surface area contributed by atoms with E-state index in [4.69, 9.17) is 23.2 Å². The second kappa shape index (κ2) is 6.06. The lowest BCUT2D eigenvalue weighted by molar-refractivity contribution is -0.120. The summed E-state index contributed by atoms with van der Waals surface area (Å²) < 4.78 is 13.0. The topological polar surface area (TPSA) is 29.1 Å². The third-order valence-corrected chi connectivity index (χ3v) is 2.63. The molecule has 88 valence electrons. The summed E-state index contributed by atoms with van der Waals surface area (Å²) in [5.41, 5.74) is 0.361. The van der Waals surface area contributed by atoms with Gasteiger partial charge >= 0.3 is 0 Å². The largest absolute Gasteiger partial charge is 0.355 e. The van der Waals surface area contributed by atoms with Gasteiger partial charge in [0, 0.05) is 11.6 Å². The van der Waals surface area contributed by atoms with Gasteiger partial charge in [0.25, 0.3) is 0 Å². The molecule has 2 nitrogen and oxygen atoms in total. The number of alkyl halides is 1. The van der Waals surface area contributed by atoms with Gasteiger partial charge < -0.3 is 5.32 Å². The molecule has 0 heterocycles. The molecule has 0 fully saturated rings. The van der Waals surface area contributed by atoms with Crippen molar-refractivity contribution in [2.24, 2.45) is 0 Å². The van der Waals surface area contributed by atoms with Crippen LogP contribution in [0.15, 0.2) is 18.2 Å². The standard InChI is InChI=1S/C11H12Cl2FNO/c1-2-3-15-11(16)10(13)7-4-8(12)6-9(14)5-7/h4-6,10H,2-3H2,1H3,(H,15,16). The van der Waals surface area contributed by atoms with Crippen molar-refractivity contribution >= 4 is 29.1 Å². The van der Waals surface area contributed by atoms with Gasteiger partial charge in [-0.3, -0.25) is 4.79 Å². The smallest absolute Gasteiger partial charge is 0.242 e. The Morgan fingerprint density at radius 3 is 2.75 bits per heavy atom. The Balaban J connectivity index is 2.79. The van der Waals surface area contributed by atoms with Crippen LogP contribution >= 0.6 is 23.2 Å². The van der Waals surface area contributed by atoms with E-state index in [1.54, 1.807) is 0 Å². The number of rotatable bonds is 4. The minimum absolute atomic E-state index is 0.226. The Kier molecular flexibility index (Phi) is 5.03. The lowest BCUT2D eigenvalue weighted by Gasteiger charge is -2.10. The van der Waals surface area contributed by atoms with Gasteiger partial charge in [-0.15, -0.1) is 11.6 Å². The van der Waals surface area contributed by atoms with Crippen LogP contribution in [-0.2, 0) is 4.79 Å². The normalized spacial score (nSPS) is 12.2.